The van der Waals surface area contributed by atoms with Crippen LogP contribution in [0, 0.1) is 0 Å². The van der Waals surface area contributed by atoms with Crippen molar-refractivity contribution in [1.82, 2.24) is 4.90 Å². The molecule has 0 aliphatic carbocycles. The van der Waals surface area contributed by atoms with Gasteiger partial charge >= 0.3 is 5.97 Å². The molecule has 1 unspecified atom stereocenters. The highest BCUT2D eigenvalue weighted by molar-refractivity contribution is 5.87. The van der Waals surface area contributed by atoms with E-state index in [4.69, 9.17) is 14.6 Å². The predicted molar refractivity (Wildman–Crippen MR) is 80.5 cm³/mol. The molecular formula is C16H21NO5. The van der Waals surface area contributed by atoms with Crippen molar-refractivity contribution in [2.75, 3.05) is 27.3 Å². The molecule has 6 nitrogen and oxygen atoms in total. The van der Waals surface area contributed by atoms with Crippen LogP contribution in [-0.2, 0) is 16.0 Å². The van der Waals surface area contributed by atoms with Gasteiger partial charge in [0.15, 0.2) is 17.3 Å². The fourth-order valence-electron chi connectivity index (χ4n) is 2.86. The number of carboxylic acid groups (broad SMARTS) is 1. The Bertz CT molecular complexity index is 557. The SMILES string of the molecule is COc1ccc(CC(=O)C2CCCN2CC(=O)O)cc1OC. The van der Waals surface area contributed by atoms with Crippen LogP contribution in [-0.4, -0.2) is 55.1 Å². The van der Waals surface area contributed by atoms with Crippen LogP contribution in [0.15, 0.2) is 18.2 Å². The largest absolute Gasteiger partial charge is 0.493 e. The number of likely N-dealkylation sites (tertiary alicyclic amines) is 1. The lowest BCUT2D eigenvalue weighted by Crippen LogP contribution is -2.40. The van der Waals surface area contributed by atoms with Crippen LogP contribution < -0.4 is 9.47 Å². The van der Waals surface area contributed by atoms with Crippen molar-refractivity contribution in [2.45, 2.75) is 25.3 Å². The number of hydrogen-bond acceptors (Lipinski definition) is 5. The van der Waals surface area contributed by atoms with E-state index in [2.05, 4.69) is 0 Å². The summed E-state index contributed by atoms with van der Waals surface area (Å²) < 4.78 is 10.4. The first-order valence-corrected chi connectivity index (χ1v) is 7.24. The first kappa shape index (κ1) is 16.3. The molecule has 2 rings (SSSR count). The molecule has 1 aliphatic rings. The molecule has 120 valence electrons. The minimum atomic E-state index is -0.897. The third-order valence-corrected chi connectivity index (χ3v) is 3.90. The van der Waals surface area contributed by atoms with Crippen molar-refractivity contribution in [3.05, 3.63) is 23.8 Å². The lowest BCUT2D eigenvalue weighted by atomic mass is 10.0. The second kappa shape index (κ2) is 7.26. The molecule has 6 heteroatoms. The smallest absolute Gasteiger partial charge is 0.317 e. The quantitative estimate of drug-likeness (QED) is 0.820. The number of aliphatic carboxylic acids is 1. The molecule has 1 saturated heterocycles. The number of carbonyl (C=O) groups is 2. The van der Waals surface area contributed by atoms with E-state index in [-0.39, 0.29) is 24.8 Å². The maximum atomic E-state index is 12.5. The normalized spacial score (nSPS) is 18.2. The Balaban J connectivity index is 2.06. The molecule has 1 atom stereocenters. The highest BCUT2D eigenvalue weighted by Crippen LogP contribution is 2.28. The predicted octanol–water partition coefficient (Wildman–Crippen LogP) is 1.36. The minimum absolute atomic E-state index is 0.0472. The van der Waals surface area contributed by atoms with Crippen LogP contribution in [0.5, 0.6) is 11.5 Å². The van der Waals surface area contributed by atoms with Crippen molar-refractivity contribution in [2.24, 2.45) is 0 Å². The summed E-state index contributed by atoms with van der Waals surface area (Å²) >= 11 is 0. The number of carboxylic acids is 1. The number of Topliss-reactive ketones (excluding diaryl/α,β-unsaturated/α-hetero) is 1. The number of benzene rings is 1. The number of hydrogen-bond donors (Lipinski definition) is 1. The van der Waals surface area contributed by atoms with Gasteiger partial charge in [-0.3, -0.25) is 14.5 Å². The Morgan fingerprint density at radius 3 is 2.64 bits per heavy atom. The molecule has 1 aromatic rings. The minimum Gasteiger partial charge on any atom is -0.493 e. The molecule has 1 fully saturated rings. The van der Waals surface area contributed by atoms with Crippen LogP contribution in [0.2, 0.25) is 0 Å². The van der Waals surface area contributed by atoms with Gasteiger partial charge in [-0.1, -0.05) is 6.07 Å². The Kier molecular flexibility index (Phi) is 5.38. The van der Waals surface area contributed by atoms with Crippen molar-refractivity contribution >= 4 is 11.8 Å². The Morgan fingerprint density at radius 2 is 2.00 bits per heavy atom. The van der Waals surface area contributed by atoms with Crippen LogP contribution in [0.3, 0.4) is 0 Å². The van der Waals surface area contributed by atoms with E-state index in [9.17, 15) is 9.59 Å². The molecule has 0 radical (unpaired) electrons. The summed E-state index contributed by atoms with van der Waals surface area (Å²) in [5.41, 5.74) is 0.838. The molecule has 0 saturated carbocycles. The van der Waals surface area contributed by atoms with E-state index >= 15 is 0 Å². The summed E-state index contributed by atoms with van der Waals surface area (Å²) in [6.45, 7) is 0.580. The maximum absolute atomic E-state index is 12.5. The molecule has 0 bridgehead atoms. The molecule has 1 N–H and O–H groups in total. The number of methoxy groups -OCH3 is 2. The van der Waals surface area contributed by atoms with E-state index in [1.54, 1.807) is 31.3 Å². The zero-order chi connectivity index (χ0) is 16.1. The average molecular weight is 307 g/mol. The van der Waals surface area contributed by atoms with Gasteiger partial charge in [-0.2, -0.15) is 0 Å². The average Bonchev–Trinajstić information content (AvgIpc) is 2.94. The number of ketones is 1. The lowest BCUT2D eigenvalue weighted by molar-refractivity contribution is -0.139. The summed E-state index contributed by atoms with van der Waals surface area (Å²) in [7, 11) is 3.11. The molecule has 1 aliphatic heterocycles. The van der Waals surface area contributed by atoms with Crippen molar-refractivity contribution in [3.8, 4) is 11.5 Å². The number of ether oxygens (including phenoxy) is 2. The van der Waals surface area contributed by atoms with E-state index in [0.29, 0.717) is 18.0 Å². The van der Waals surface area contributed by atoms with Crippen LogP contribution >= 0.6 is 0 Å². The number of carbonyl (C=O) groups excluding carboxylic acids is 1. The number of rotatable bonds is 7. The standard InChI is InChI=1S/C16H21NO5/c1-21-14-6-5-11(9-15(14)22-2)8-13(18)12-4-3-7-17(12)10-16(19)20/h5-6,9,12H,3-4,7-8,10H2,1-2H3,(H,19,20). The number of nitrogens with zero attached hydrogens (tertiary/aromatic N) is 1. The molecule has 22 heavy (non-hydrogen) atoms. The summed E-state index contributed by atoms with van der Waals surface area (Å²) in [5, 5.41) is 8.91. The molecule has 0 aromatic heterocycles. The third-order valence-electron chi connectivity index (χ3n) is 3.90. The Hall–Kier alpha value is -2.08. The van der Waals surface area contributed by atoms with E-state index in [0.717, 1.165) is 18.4 Å². The first-order chi connectivity index (χ1) is 10.5. The van der Waals surface area contributed by atoms with Crippen molar-refractivity contribution in [3.63, 3.8) is 0 Å². The maximum Gasteiger partial charge on any atom is 0.317 e. The van der Waals surface area contributed by atoms with Crippen molar-refractivity contribution in [1.29, 1.82) is 0 Å². The first-order valence-electron chi connectivity index (χ1n) is 7.24. The van der Waals surface area contributed by atoms with Gasteiger partial charge in [0.05, 0.1) is 26.8 Å². The van der Waals surface area contributed by atoms with Crippen LogP contribution in [0.1, 0.15) is 18.4 Å². The van der Waals surface area contributed by atoms with Crippen molar-refractivity contribution < 1.29 is 24.2 Å². The van der Waals surface area contributed by atoms with Gasteiger partial charge in [0.2, 0.25) is 0 Å². The second-order valence-corrected chi connectivity index (χ2v) is 5.35. The van der Waals surface area contributed by atoms with E-state index in [1.807, 2.05) is 6.07 Å². The zero-order valence-electron chi connectivity index (χ0n) is 12.9. The monoisotopic (exact) mass is 307 g/mol. The summed E-state index contributed by atoms with van der Waals surface area (Å²) in [4.78, 5) is 25.0. The fourth-order valence-corrected chi connectivity index (χ4v) is 2.86. The van der Waals surface area contributed by atoms with E-state index < -0.39 is 5.97 Å². The molecule has 1 aromatic carbocycles. The third kappa shape index (κ3) is 3.76. The Morgan fingerprint density at radius 1 is 1.27 bits per heavy atom. The Labute approximate surface area is 129 Å². The van der Waals surface area contributed by atoms with Crippen LogP contribution in [0.4, 0.5) is 0 Å². The van der Waals surface area contributed by atoms with Gasteiger partial charge in [0.25, 0.3) is 0 Å². The van der Waals surface area contributed by atoms with Gasteiger partial charge in [-0.05, 0) is 37.1 Å². The van der Waals surface area contributed by atoms with E-state index in [1.165, 1.54) is 0 Å². The second-order valence-electron chi connectivity index (χ2n) is 5.35. The molecular weight excluding hydrogens is 286 g/mol. The van der Waals surface area contributed by atoms with Gasteiger partial charge in [-0.15, -0.1) is 0 Å². The highest BCUT2D eigenvalue weighted by atomic mass is 16.5. The lowest BCUT2D eigenvalue weighted by Gasteiger charge is -2.21. The van der Waals surface area contributed by atoms with Gasteiger partial charge in [0.1, 0.15) is 0 Å². The zero-order valence-corrected chi connectivity index (χ0v) is 12.9. The molecule has 0 spiro atoms. The van der Waals surface area contributed by atoms with Gasteiger partial charge in [-0.25, -0.2) is 0 Å². The topological polar surface area (TPSA) is 76.1 Å². The van der Waals surface area contributed by atoms with Crippen LogP contribution in [0.25, 0.3) is 0 Å². The molecule has 0 amide bonds. The highest BCUT2D eigenvalue weighted by Gasteiger charge is 2.31. The molecule has 1 heterocycles. The van der Waals surface area contributed by atoms with Gasteiger partial charge in [0, 0.05) is 6.42 Å². The van der Waals surface area contributed by atoms with Gasteiger partial charge < -0.3 is 14.6 Å². The summed E-state index contributed by atoms with van der Waals surface area (Å²) in [6.07, 6.45) is 1.84. The fraction of sp³-hybridized carbons (Fsp3) is 0.500. The summed E-state index contributed by atoms with van der Waals surface area (Å²) in [6, 6.07) is 5.08. The summed E-state index contributed by atoms with van der Waals surface area (Å²) in [5.74, 6) is 0.352.